The van der Waals surface area contributed by atoms with E-state index in [9.17, 15) is 4.39 Å². The maximum Gasteiger partial charge on any atom is 0.185 e. The zero-order valence-electron chi connectivity index (χ0n) is 14.2. The van der Waals surface area contributed by atoms with E-state index in [1.165, 1.54) is 17.7 Å². The molecule has 3 aromatic rings. The number of thiazole rings is 1. The number of halogens is 1. The summed E-state index contributed by atoms with van der Waals surface area (Å²) in [5.74, 6) is -0.226. The van der Waals surface area contributed by atoms with Crippen molar-refractivity contribution in [2.24, 2.45) is 0 Å². The number of H-pyrrole nitrogens is 1. The van der Waals surface area contributed by atoms with Crippen molar-refractivity contribution in [1.29, 1.82) is 0 Å². The number of rotatable bonds is 2. The molecule has 0 atom stereocenters. The predicted octanol–water partition coefficient (Wildman–Crippen LogP) is 3.74. The first-order valence-corrected chi connectivity index (χ1v) is 9.75. The highest BCUT2D eigenvalue weighted by atomic mass is 32.1. The Labute approximate surface area is 154 Å². The minimum atomic E-state index is -0.226. The van der Waals surface area contributed by atoms with Crippen LogP contribution < -0.4 is 4.90 Å². The van der Waals surface area contributed by atoms with Crippen molar-refractivity contribution < 1.29 is 9.13 Å². The Kier molecular flexibility index (Phi) is 3.79. The van der Waals surface area contributed by atoms with Gasteiger partial charge in [0.15, 0.2) is 5.13 Å². The number of ether oxygens (including phenoxy) is 1. The van der Waals surface area contributed by atoms with Gasteiger partial charge in [-0.3, -0.25) is 5.10 Å². The van der Waals surface area contributed by atoms with Crippen molar-refractivity contribution in [2.75, 3.05) is 24.6 Å². The number of hydrogen-bond donors (Lipinski definition) is 1. The van der Waals surface area contributed by atoms with Gasteiger partial charge in [-0.25, -0.2) is 9.37 Å². The van der Waals surface area contributed by atoms with Gasteiger partial charge in [0, 0.05) is 24.0 Å². The molecule has 2 aliphatic heterocycles. The maximum absolute atomic E-state index is 13.1. The molecule has 2 aliphatic rings. The predicted molar refractivity (Wildman–Crippen MR) is 98.9 cm³/mol. The first-order chi connectivity index (χ1) is 12.7. The van der Waals surface area contributed by atoms with E-state index in [1.807, 2.05) is 11.6 Å². The summed E-state index contributed by atoms with van der Waals surface area (Å²) in [4.78, 5) is 7.08. The molecule has 1 aromatic carbocycles. The van der Waals surface area contributed by atoms with Gasteiger partial charge in [0.25, 0.3) is 0 Å². The van der Waals surface area contributed by atoms with Crippen LogP contribution in [0.1, 0.15) is 24.1 Å². The lowest BCUT2D eigenvalue weighted by molar-refractivity contribution is -0.0795. The molecule has 0 radical (unpaired) electrons. The Balaban J connectivity index is 1.33. The molecule has 0 bridgehead atoms. The second-order valence-corrected chi connectivity index (χ2v) is 7.71. The van der Waals surface area contributed by atoms with Crippen molar-refractivity contribution in [2.45, 2.75) is 24.9 Å². The third-order valence-corrected chi connectivity index (χ3v) is 6.30. The van der Waals surface area contributed by atoms with Crippen LogP contribution in [-0.2, 0) is 16.8 Å². The summed E-state index contributed by atoms with van der Waals surface area (Å²) in [5.41, 5.74) is 4.07. The van der Waals surface area contributed by atoms with E-state index >= 15 is 0 Å². The summed E-state index contributed by atoms with van der Waals surface area (Å²) in [6, 6.07) is 6.49. The second kappa shape index (κ2) is 6.17. The van der Waals surface area contributed by atoms with Gasteiger partial charge in [-0.15, -0.1) is 11.3 Å². The summed E-state index contributed by atoms with van der Waals surface area (Å²) >= 11 is 1.64. The van der Waals surface area contributed by atoms with Crippen molar-refractivity contribution in [3.05, 3.63) is 52.9 Å². The highest BCUT2D eigenvalue weighted by Gasteiger charge is 2.42. The monoisotopic (exact) mass is 370 g/mol. The fraction of sp³-hybridized carbons (Fsp3) is 0.368. The van der Waals surface area contributed by atoms with Crippen LogP contribution >= 0.6 is 11.3 Å². The minimum absolute atomic E-state index is 0.225. The molecule has 26 heavy (non-hydrogen) atoms. The Hall–Kier alpha value is -2.25. The number of benzene rings is 1. The SMILES string of the molecule is Fc1ccc(-c2csc(N3CCC4(CC3)OCCc3cn[nH]c34)n2)cc1. The van der Waals surface area contributed by atoms with Crippen LogP contribution in [0.2, 0.25) is 0 Å². The van der Waals surface area contributed by atoms with E-state index in [0.717, 1.165) is 61.0 Å². The molecular formula is C19H19FN4OS. The normalized spacial score (nSPS) is 18.9. The first-order valence-electron chi connectivity index (χ1n) is 8.87. The highest BCUT2D eigenvalue weighted by molar-refractivity contribution is 7.14. The molecule has 4 heterocycles. The second-order valence-electron chi connectivity index (χ2n) is 6.87. The largest absolute Gasteiger partial charge is 0.368 e. The third-order valence-electron chi connectivity index (χ3n) is 5.40. The third kappa shape index (κ3) is 2.62. The van der Waals surface area contributed by atoms with Crippen LogP contribution in [0, 0.1) is 5.82 Å². The average molecular weight is 370 g/mol. The first kappa shape index (κ1) is 16.0. The molecule has 1 fully saturated rings. The van der Waals surface area contributed by atoms with E-state index in [2.05, 4.69) is 15.1 Å². The number of anilines is 1. The molecule has 0 saturated carbocycles. The van der Waals surface area contributed by atoms with Gasteiger partial charge >= 0.3 is 0 Å². The number of nitrogens with zero attached hydrogens (tertiary/aromatic N) is 3. The van der Waals surface area contributed by atoms with Crippen molar-refractivity contribution >= 4 is 16.5 Å². The van der Waals surface area contributed by atoms with Crippen LogP contribution in [0.3, 0.4) is 0 Å². The molecule has 5 nitrogen and oxygen atoms in total. The Bertz CT molecular complexity index is 912. The van der Waals surface area contributed by atoms with E-state index in [0.29, 0.717) is 0 Å². The van der Waals surface area contributed by atoms with Crippen molar-refractivity contribution in [1.82, 2.24) is 15.2 Å². The van der Waals surface area contributed by atoms with Crippen LogP contribution in [-0.4, -0.2) is 34.9 Å². The molecule has 7 heteroatoms. The summed E-state index contributed by atoms with van der Waals surface area (Å²) in [6.45, 7) is 2.56. The van der Waals surface area contributed by atoms with Crippen LogP contribution in [0.25, 0.3) is 11.3 Å². The summed E-state index contributed by atoms with van der Waals surface area (Å²) in [6.07, 6.45) is 4.72. The van der Waals surface area contributed by atoms with Gasteiger partial charge in [0.1, 0.15) is 11.4 Å². The standard InChI is InChI=1S/C19H19FN4OS/c20-15-3-1-13(2-4-15)16-12-26-18(22-16)24-8-6-19(7-9-24)17-14(5-10-25-19)11-21-23-17/h1-4,11-12H,5-10H2,(H,21,23). The van der Waals surface area contributed by atoms with Crippen LogP contribution in [0.4, 0.5) is 9.52 Å². The molecule has 0 amide bonds. The average Bonchev–Trinajstić information content (AvgIpc) is 3.33. The Morgan fingerprint density at radius 3 is 2.81 bits per heavy atom. The summed E-state index contributed by atoms with van der Waals surface area (Å²) in [5, 5.41) is 10.4. The molecule has 5 rings (SSSR count). The summed E-state index contributed by atoms with van der Waals surface area (Å²) < 4.78 is 19.3. The van der Waals surface area contributed by atoms with E-state index in [-0.39, 0.29) is 11.4 Å². The van der Waals surface area contributed by atoms with E-state index in [1.54, 1.807) is 23.5 Å². The molecule has 0 aliphatic carbocycles. The maximum atomic E-state index is 13.1. The van der Waals surface area contributed by atoms with Gasteiger partial charge in [-0.2, -0.15) is 5.10 Å². The number of nitrogens with one attached hydrogen (secondary N) is 1. The number of hydrogen-bond acceptors (Lipinski definition) is 5. The molecule has 134 valence electrons. The topological polar surface area (TPSA) is 54.0 Å². The van der Waals surface area contributed by atoms with Crippen molar-refractivity contribution in [3.63, 3.8) is 0 Å². The number of piperidine rings is 1. The lowest BCUT2D eigenvalue weighted by Crippen LogP contribution is -2.46. The fourth-order valence-corrected chi connectivity index (χ4v) is 4.83. The molecule has 1 spiro atoms. The molecule has 1 saturated heterocycles. The molecule has 2 aromatic heterocycles. The Morgan fingerprint density at radius 2 is 2.00 bits per heavy atom. The molecule has 1 N–H and O–H groups in total. The number of fused-ring (bicyclic) bond motifs is 2. The smallest absolute Gasteiger partial charge is 0.185 e. The van der Waals surface area contributed by atoms with Gasteiger partial charge in [0.2, 0.25) is 0 Å². The Morgan fingerprint density at radius 1 is 1.19 bits per heavy atom. The van der Waals surface area contributed by atoms with E-state index in [4.69, 9.17) is 9.72 Å². The fourth-order valence-electron chi connectivity index (χ4n) is 3.94. The van der Waals surface area contributed by atoms with Crippen LogP contribution in [0.15, 0.2) is 35.8 Å². The van der Waals surface area contributed by atoms with Gasteiger partial charge in [-0.1, -0.05) is 0 Å². The highest BCUT2D eigenvalue weighted by Crippen LogP contribution is 2.41. The number of aromatic amines is 1. The van der Waals surface area contributed by atoms with Gasteiger partial charge < -0.3 is 9.64 Å². The summed E-state index contributed by atoms with van der Waals surface area (Å²) in [7, 11) is 0. The molecule has 0 unspecified atom stereocenters. The molecular weight excluding hydrogens is 351 g/mol. The number of aromatic nitrogens is 3. The zero-order chi connectivity index (χ0) is 17.6. The van der Waals surface area contributed by atoms with Gasteiger partial charge in [-0.05, 0) is 49.1 Å². The van der Waals surface area contributed by atoms with E-state index < -0.39 is 0 Å². The van der Waals surface area contributed by atoms with Gasteiger partial charge in [0.05, 0.1) is 24.2 Å². The minimum Gasteiger partial charge on any atom is -0.368 e. The van der Waals surface area contributed by atoms with Crippen molar-refractivity contribution in [3.8, 4) is 11.3 Å². The zero-order valence-corrected chi connectivity index (χ0v) is 15.1. The van der Waals surface area contributed by atoms with Crippen LogP contribution in [0.5, 0.6) is 0 Å². The quantitative estimate of drug-likeness (QED) is 0.747. The lowest BCUT2D eigenvalue weighted by atomic mass is 9.84. The lowest BCUT2D eigenvalue weighted by Gasteiger charge is -2.43.